The van der Waals surface area contributed by atoms with E-state index in [1.165, 1.54) is 225 Å². The van der Waals surface area contributed by atoms with Crippen molar-refractivity contribution in [3.63, 3.8) is 0 Å². The lowest BCUT2D eigenvalue weighted by Gasteiger charge is -2.18. The van der Waals surface area contributed by atoms with Crippen molar-refractivity contribution in [1.82, 2.24) is 0 Å². The summed E-state index contributed by atoms with van der Waals surface area (Å²) >= 11 is 0. The minimum Gasteiger partial charge on any atom is -0.462 e. The van der Waals surface area contributed by atoms with Gasteiger partial charge < -0.3 is 14.2 Å². The van der Waals surface area contributed by atoms with Crippen LogP contribution in [0.15, 0.2) is 85.1 Å². The van der Waals surface area contributed by atoms with Gasteiger partial charge in [-0.1, -0.05) is 318 Å². The molecule has 0 N–H and O–H groups in total. The predicted molar refractivity (Wildman–Crippen MR) is 358 cm³/mol. The Morgan fingerprint density at radius 3 is 0.817 bits per heavy atom. The molecule has 1 atom stereocenters. The first kappa shape index (κ1) is 78.6. The van der Waals surface area contributed by atoms with Crippen LogP contribution in [0.25, 0.3) is 0 Å². The van der Waals surface area contributed by atoms with Crippen LogP contribution in [-0.4, -0.2) is 37.2 Å². The molecule has 0 spiro atoms. The fourth-order valence-electron chi connectivity index (χ4n) is 10.3. The largest absolute Gasteiger partial charge is 0.462 e. The Morgan fingerprint density at radius 2 is 0.488 bits per heavy atom. The van der Waals surface area contributed by atoms with E-state index in [1.807, 2.05) is 0 Å². The zero-order valence-corrected chi connectivity index (χ0v) is 54.5. The number of rotatable bonds is 65. The average Bonchev–Trinajstić information content (AvgIpc) is 3.47. The third-order valence-electron chi connectivity index (χ3n) is 15.6. The zero-order valence-electron chi connectivity index (χ0n) is 54.5. The summed E-state index contributed by atoms with van der Waals surface area (Å²) < 4.78 is 16.9. The predicted octanol–water partition coefficient (Wildman–Crippen LogP) is 24.6. The van der Waals surface area contributed by atoms with Crippen molar-refractivity contribution in [2.75, 3.05) is 13.2 Å². The number of hydrogen-bond acceptors (Lipinski definition) is 6. The molecule has 0 rings (SSSR count). The molecule has 0 bridgehead atoms. The molecule has 0 aliphatic rings. The van der Waals surface area contributed by atoms with E-state index in [1.54, 1.807) is 0 Å². The lowest BCUT2D eigenvalue weighted by Crippen LogP contribution is -2.30. The first-order valence-corrected chi connectivity index (χ1v) is 35.6. The van der Waals surface area contributed by atoms with Gasteiger partial charge in [0.1, 0.15) is 13.2 Å². The third-order valence-corrected chi connectivity index (χ3v) is 15.6. The second-order valence-electron chi connectivity index (χ2n) is 23.8. The summed E-state index contributed by atoms with van der Waals surface area (Å²) in [5.41, 5.74) is 0. The monoisotopic (exact) mass is 1140 g/mol. The Labute approximate surface area is 509 Å². The standard InChI is InChI=1S/C76H134O6/c1-4-7-10-13-16-19-22-25-27-29-30-31-32-33-34-35-36-37-38-39-40-41-42-43-44-45-46-48-49-51-54-57-60-63-66-69-75(78)81-72-73(71-80-74(77)68-65-62-59-56-53-24-21-18-15-12-9-6-3)82-76(79)70-67-64-61-58-55-52-50-47-28-26-23-20-17-14-11-8-5-2/h8,11,17-18,20-21,26,28-30,50,52,58,61,73H,4-7,9-10,12-16,19,22-25,27,31-49,51,53-57,59-60,62-72H2,1-3H3/b11-8-,20-17-,21-18-,28-26-,30-29-,52-50-,61-58-. The number of esters is 3. The smallest absolute Gasteiger partial charge is 0.306 e. The van der Waals surface area contributed by atoms with Gasteiger partial charge in [0.15, 0.2) is 6.10 Å². The van der Waals surface area contributed by atoms with Crippen molar-refractivity contribution >= 4 is 17.9 Å². The van der Waals surface area contributed by atoms with Gasteiger partial charge in [0.2, 0.25) is 0 Å². The fourth-order valence-corrected chi connectivity index (χ4v) is 10.3. The highest BCUT2D eigenvalue weighted by atomic mass is 16.6. The van der Waals surface area contributed by atoms with Crippen molar-refractivity contribution in [2.24, 2.45) is 0 Å². The fraction of sp³-hybridized carbons (Fsp3) is 0.776. The molecule has 0 aromatic rings. The van der Waals surface area contributed by atoms with Gasteiger partial charge in [0.05, 0.1) is 0 Å². The molecule has 474 valence electrons. The second-order valence-corrected chi connectivity index (χ2v) is 23.8. The number of unbranched alkanes of at least 4 members (excludes halogenated alkanes) is 40. The Balaban J connectivity index is 4.12. The lowest BCUT2D eigenvalue weighted by atomic mass is 10.0. The van der Waals surface area contributed by atoms with Crippen LogP contribution in [0.5, 0.6) is 0 Å². The minimum atomic E-state index is -0.809. The summed E-state index contributed by atoms with van der Waals surface area (Å²) in [6.45, 7) is 6.48. The molecular formula is C76H134O6. The van der Waals surface area contributed by atoms with E-state index in [9.17, 15) is 14.4 Å². The number of ether oxygens (including phenoxy) is 3. The molecule has 6 nitrogen and oxygen atoms in total. The van der Waals surface area contributed by atoms with Crippen molar-refractivity contribution in [3.8, 4) is 0 Å². The summed E-state index contributed by atoms with van der Waals surface area (Å²) in [5.74, 6) is -0.954. The molecule has 0 amide bonds. The van der Waals surface area contributed by atoms with E-state index < -0.39 is 6.10 Å². The van der Waals surface area contributed by atoms with E-state index in [2.05, 4.69) is 106 Å². The van der Waals surface area contributed by atoms with Crippen molar-refractivity contribution in [1.29, 1.82) is 0 Å². The van der Waals surface area contributed by atoms with Gasteiger partial charge in [-0.15, -0.1) is 0 Å². The van der Waals surface area contributed by atoms with Gasteiger partial charge in [0.25, 0.3) is 0 Å². The summed E-state index contributed by atoms with van der Waals surface area (Å²) in [6.07, 6.45) is 93.7. The molecule has 1 unspecified atom stereocenters. The maximum atomic E-state index is 12.9. The Kier molecular flexibility index (Phi) is 67.2. The molecule has 0 aliphatic carbocycles. The number of allylic oxidation sites excluding steroid dienone is 14. The number of hydrogen-bond donors (Lipinski definition) is 0. The molecule has 0 radical (unpaired) electrons. The van der Waals surface area contributed by atoms with Crippen molar-refractivity contribution in [2.45, 2.75) is 367 Å². The van der Waals surface area contributed by atoms with Gasteiger partial charge in [-0.3, -0.25) is 14.4 Å². The van der Waals surface area contributed by atoms with Crippen LogP contribution in [-0.2, 0) is 28.6 Å². The Morgan fingerprint density at radius 1 is 0.256 bits per heavy atom. The maximum Gasteiger partial charge on any atom is 0.306 e. The summed E-state index contributed by atoms with van der Waals surface area (Å²) in [7, 11) is 0. The van der Waals surface area contributed by atoms with E-state index in [4.69, 9.17) is 14.2 Å². The molecule has 0 saturated heterocycles. The number of carbonyl (C=O) groups excluding carboxylic acids is 3. The van der Waals surface area contributed by atoms with Crippen LogP contribution >= 0.6 is 0 Å². The van der Waals surface area contributed by atoms with Crippen LogP contribution in [0.4, 0.5) is 0 Å². The van der Waals surface area contributed by atoms with Gasteiger partial charge in [-0.2, -0.15) is 0 Å². The number of carbonyl (C=O) groups is 3. The van der Waals surface area contributed by atoms with Crippen LogP contribution in [0, 0.1) is 0 Å². The third kappa shape index (κ3) is 67.4. The van der Waals surface area contributed by atoms with Gasteiger partial charge in [-0.25, -0.2) is 0 Å². The maximum absolute atomic E-state index is 12.9. The SMILES string of the molecule is CC/C=C\C/C=C\C/C=C\C/C=C\C/C=C\CCCC(=O)OC(COC(=O)CCCCCCC/C=C\CCCCC)COC(=O)CCCCCCCCCCCCCCCCCCCCCCCCC/C=C\CCCCCCCCCC. The minimum absolute atomic E-state index is 0.0990. The molecule has 0 aromatic heterocycles. The van der Waals surface area contributed by atoms with Crippen LogP contribution in [0.1, 0.15) is 361 Å². The summed E-state index contributed by atoms with van der Waals surface area (Å²) in [6, 6.07) is 0. The summed E-state index contributed by atoms with van der Waals surface area (Å²) in [5, 5.41) is 0. The zero-order chi connectivity index (χ0) is 59.2. The van der Waals surface area contributed by atoms with Crippen LogP contribution in [0.2, 0.25) is 0 Å². The summed E-state index contributed by atoms with van der Waals surface area (Å²) in [4.78, 5) is 38.3. The van der Waals surface area contributed by atoms with Gasteiger partial charge in [-0.05, 0) is 109 Å². The molecule has 0 saturated carbocycles. The average molecular weight is 1140 g/mol. The van der Waals surface area contributed by atoms with E-state index in [0.717, 1.165) is 89.9 Å². The first-order valence-electron chi connectivity index (χ1n) is 35.6. The molecule has 6 heteroatoms. The normalized spacial score (nSPS) is 12.6. The van der Waals surface area contributed by atoms with E-state index >= 15 is 0 Å². The molecule has 0 aromatic carbocycles. The van der Waals surface area contributed by atoms with Crippen LogP contribution < -0.4 is 0 Å². The quantitative estimate of drug-likeness (QED) is 0.0261. The topological polar surface area (TPSA) is 78.9 Å². The highest BCUT2D eigenvalue weighted by Crippen LogP contribution is 2.18. The highest BCUT2D eigenvalue weighted by molar-refractivity contribution is 5.71. The molecule has 0 aliphatic heterocycles. The first-order chi connectivity index (χ1) is 40.5. The Bertz CT molecular complexity index is 1550. The second kappa shape index (κ2) is 70.1. The highest BCUT2D eigenvalue weighted by Gasteiger charge is 2.19. The Hall–Kier alpha value is -3.41. The molecule has 82 heavy (non-hydrogen) atoms. The van der Waals surface area contributed by atoms with E-state index in [0.29, 0.717) is 19.3 Å². The molecule has 0 heterocycles. The van der Waals surface area contributed by atoms with Crippen molar-refractivity contribution in [3.05, 3.63) is 85.1 Å². The lowest BCUT2D eigenvalue weighted by molar-refractivity contribution is -0.167. The van der Waals surface area contributed by atoms with Crippen LogP contribution in [0.3, 0.4) is 0 Å². The molecule has 0 fully saturated rings. The van der Waals surface area contributed by atoms with E-state index in [-0.39, 0.29) is 37.5 Å². The molecular weight excluding hydrogens is 1010 g/mol. The van der Waals surface area contributed by atoms with Gasteiger partial charge >= 0.3 is 17.9 Å². The van der Waals surface area contributed by atoms with Crippen molar-refractivity contribution < 1.29 is 28.6 Å². The van der Waals surface area contributed by atoms with Gasteiger partial charge in [0, 0.05) is 19.3 Å².